The Kier molecular flexibility index (Phi) is 5.53. The monoisotopic (exact) mass is 303 g/mol. The minimum Gasteiger partial charge on any atom is -0.493 e. The molecule has 0 spiro atoms. The summed E-state index contributed by atoms with van der Waals surface area (Å²) in [7, 11) is -1.03. The van der Waals surface area contributed by atoms with Crippen molar-refractivity contribution >= 4 is 10.8 Å². The van der Waals surface area contributed by atoms with Gasteiger partial charge in [0.05, 0.1) is 16.6 Å². The van der Waals surface area contributed by atoms with Crippen molar-refractivity contribution in [3.05, 3.63) is 59.2 Å². The standard InChI is InChI=1S/C17H21NO2S/c1-13-3-8-17(11-14(13)2)21(19)10-9-20-16-6-4-15(12-18)5-7-16/h3-8,11H,9-10,12,18H2,1-2H3. The summed E-state index contributed by atoms with van der Waals surface area (Å²) in [6.45, 7) is 5.04. The van der Waals surface area contributed by atoms with E-state index in [1.54, 1.807) is 0 Å². The summed E-state index contributed by atoms with van der Waals surface area (Å²) in [6, 6.07) is 13.6. The molecule has 0 bridgehead atoms. The number of hydrogen-bond acceptors (Lipinski definition) is 3. The van der Waals surface area contributed by atoms with Crippen molar-refractivity contribution in [2.45, 2.75) is 25.3 Å². The summed E-state index contributed by atoms with van der Waals surface area (Å²) in [5, 5.41) is 0. The average molecular weight is 303 g/mol. The second-order valence-corrected chi connectivity index (χ2v) is 6.56. The summed E-state index contributed by atoms with van der Waals surface area (Å²) in [5.41, 5.74) is 9.00. The van der Waals surface area contributed by atoms with Crippen LogP contribution in [0.15, 0.2) is 47.4 Å². The van der Waals surface area contributed by atoms with E-state index in [4.69, 9.17) is 10.5 Å². The second kappa shape index (κ2) is 7.38. The first-order valence-electron chi connectivity index (χ1n) is 6.97. The number of ether oxygens (including phenoxy) is 1. The van der Waals surface area contributed by atoms with Crippen molar-refractivity contribution in [2.75, 3.05) is 12.4 Å². The fraction of sp³-hybridized carbons (Fsp3) is 0.294. The van der Waals surface area contributed by atoms with Crippen LogP contribution in [-0.2, 0) is 17.3 Å². The molecule has 0 radical (unpaired) electrons. The van der Waals surface area contributed by atoms with E-state index in [0.29, 0.717) is 18.9 Å². The molecule has 0 amide bonds. The Bertz CT molecular complexity index is 623. The number of rotatable bonds is 6. The molecule has 0 heterocycles. The Morgan fingerprint density at radius 3 is 2.38 bits per heavy atom. The Labute approximate surface area is 128 Å². The molecule has 2 aromatic carbocycles. The molecule has 0 aliphatic rings. The molecule has 0 fully saturated rings. The zero-order valence-corrected chi connectivity index (χ0v) is 13.3. The Balaban J connectivity index is 1.87. The van der Waals surface area contributed by atoms with Crippen molar-refractivity contribution in [1.82, 2.24) is 0 Å². The lowest BCUT2D eigenvalue weighted by atomic mass is 10.1. The summed E-state index contributed by atoms with van der Waals surface area (Å²) < 4.78 is 17.8. The fourth-order valence-corrected chi connectivity index (χ4v) is 2.93. The number of nitrogens with two attached hydrogens (primary N) is 1. The van der Waals surface area contributed by atoms with Crippen LogP contribution in [0.25, 0.3) is 0 Å². The zero-order chi connectivity index (χ0) is 15.2. The van der Waals surface area contributed by atoms with Gasteiger partial charge in [-0.3, -0.25) is 4.21 Å². The molecule has 1 unspecified atom stereocenters. The lowest BCUT2D eigenvalue weighted by Crippen LogP contribution is -2.09. The molecule has 0 aliphatic heterocycles. The number of aryl methyl sites for hydroxylation is 2. The third kappa shape index (κ3) is 4.41. The van der Waals surface area contributed by atoms with Gasteiger partial charge in [-0.05, 0) is 54.8 Å². The summed E-state index contributed by atoms with van der Waals surface area (Å²) in [4.78, 5) is 0.861. The topological polar surface area (TPSA) is 52.3 Å². The van der Waals surface area contributed by atoms with Crippen molar-refractivity contribution in [3.63, 3.8) is 0 Å². The highest BCUT2D eigenvalue weighted by atomic mass is 32.2. The number of hydrogen-bond donors (Lipinski definition) is 1. The molecule has 3 nitrogen and oxygen atoms in total. The van der Waals surface area contributed by atoms with Gasteiger partial charge in [-0.2, -0.15) is 0 Å². The van der Waals surface area contributed by atoms with Crippen LogP contribution in [0, 0.1) is 13.8 Å². The van der Waals surface area contributed by atoms with Gasteiger partial charge in [0.25, 0.3) is 0 Å². The maximum Gasteiger partial charge on any atom is 0.119 e. The third-order valence-corrected chi connectivity index (χ3v) is 4.75. The Morgan fingerprint density at radius 2 is 1.76 bits per heavy atom. The first kappa shape index (κ1) is 15.7. The van der Waals surface area contributed by atoms with Crippen LogP contribution in [0.4, 0.5) is 0 Å². The molecular weight excluding hydrogens is 282 g/mol. The summed E-state index contributed by atoms with van der Waals surface area (Å²) in [5.74, 6) is 1.27. The van der Waals surface area contributed by atoms with E-state index < -0.39 is 10.8 Å². The van der Waals surface area contributed by atoms with Gasteiger partial charge in [0, 0.05) is 11.4 Å². The van der Waals surface area contributed by atoms with E-state index in [9.17, 15) is 4.21 Å². The number of benzene rings is 2. The zero-order valence-electron chi connectivity index (χ0n) is 12.5. The van der Waals surface area contributed by atoms with Crippen LogP contribution in [0.3, 0.4) is 0 Å². The molecule has 2 aromatic rings. The highest BCUT2D eigenvalue weighted by Crippen LogP contribution is 2.15. The largest absolute Gasteiger partial charge is 0.493 e. The molecule has 2 rings (SSSR count). The average Bonchev–Trinajstić information content (AvgIpc) is 2.50. The van der Waals surface area contributed by atoms with Gasteiger partial charge in [0.15, 0.2) is 0 Å². The van der Waals surface area contributed by atoms with E-state index in [1.165, 1.54) is 11.1 Å². The van der Waals surface area contributed by atoms with Gasteiger partial charge in [-0.1, -0.05) is 18.2 Å². The highest BCUT2D eigenvalue weighted by molar-refractivity contribution is 7.85. The van der Waals surface area contributed by atoms with Crippen molar-refractivity contribution in [1.29, 1.82) is 0 Å². The molecule has 21 heavy (non-hydrogen) atoms. The van der Waals surface area contributed by atoms with Crippen LogP contribution in [-0.4, -0.2) is 16.6 Å². The van der Waals surface area contributed by atoms with Crippen LogP contribution in [0.5, 0.6) is 5.75 Å². The third-order valence-electron chi connectivity index (χ3n) is 3.44. The van der Waals surface area contributed by atoms with Crippen molar-refractivity contribution in [2.24, 2.45) is 5.73 Å². The summed E-state index contributed by atoms with van der Waals surface area (Å²) in [6.07, 6.45) is 0. The van der Waals surface area contributed by atoms with Gasteiger partial charge < -0.3 is 10.5 Å². The van der Waals surface area contributed by atoms with Gasteiger partial charge in [0.2, 0.25) is 0 Å². The normalized spacial score (nSPS) is 12.1. The van der Waals surface area contributed by atoms with Gasteiger partial charge in [0.1, 0.15) is 12.4 Å². The fourth-order valence-electron chi connectivity index (χ4n) is 1.93. The van der Waals surface area contributed by atoms with E-state index in [1.807, 2.05) is 49.4 Å². The highest BCUT2D eigenvalue weighted by Gasteiger charge is 2.05. The minimum absolute atomic E-state index is 0.432. The van der Waals surface area contributed by atoms with E-state index in [2.05, 4.69) is 6.92 Å². The Morgan fingerprint density at radius 1 is 1.05 bits per heavy atom. The molecule has 0 aromatic heterocycles. The first-order valence-corrected chi connectivity index (χ1v) is 8.29. The maximum absolute atomic E-state index is 12.2. The van der Waals surface area contributed by atoms with Crippen molar-refractivity contribution in [3.8, 4) is 5.75 Å². The second-order valence-electron chi connectivity index (χ2n) is 4.99. The lowest BCUT2D eigenvalue weighted by Gasteiger charge is -2.08. The Hall–Kier alpha value is -1.65. The van der Waals surface area contributed by atoms with E-state index in [0.717, 1.165) is 16.2 Å². The molecule has 0 saturated carbocycles. The predicted molar refractivity (Wildman–Crippen MR) is 87.0 cm³/mol. The van der Waals surface area contributed by atoms with Gasteiger partial charge >= 0.3 is 0 Å². The van der Waals surface area contributed by atoms with Crippen molar-refractivity contribution < 1.29 is 8.95 Å². The predicted octanol–water partition coefficient (Wildman–Crippen LogP) is 2.95. The first-order chi connectivity index (χ1) is 10.1. The summed E-state index contributed by atoms with van der Waals surface area (Å²) >= 11 is 0. The molecule has 2 N–H and O–H groups in total. The van der Waals surface area contributed by atoms with E-state index in [-0.39, 0.29) is 0 Å². The van der Waals surface area contributed by atoms with Crippen LogP contribution in [0.2, 0.25) is 0 Å². The molecule has 0 saturated heterocycles. The molecule has 112 valence electrons. The maximum atomic E-state index is 12.2. The van der Waals surface area contributed by atoms with Gasteiger partial charge in [-0.15, -0.1) is 0 Å². The van der Waals surface area contributed by atoms with Gasteiger partial charge in [-0.25, -0.2) is 0 Å². The van der Waals surface area contributed by atoms with Crippen LogP contribution < -0.4 is 10.5 Å². The lowest BCUT2D eigenvalue weighted by molar-refractivity contribution is 0.342. The molecule has 0 aliphatic carbocycles. The molecule has 1 atom stereocenters. The smallest absolute Gasteiger partial charge is 0.119 e. The minimum atomic E-state index is -1.03. The van der Waals surface area contributed by atoms with E-state index >= 15 is 0 Å². The molecular formula is C17H21NO2S. The van der Waals surface area contributed by atoms with Crippen LogP contribution in [0.1, 0.15) is 16.7 Å². The molecule has 4 heteroatoms. The van der Waals surface area contributed by atoms with Crippen LogP contribution >= 0.6 is 0 Å². The quantitative estimate of drug-likeness (QED) is 0.892. The SMILES string of the molecule is Cc1ccc(S(=O)CCOc2ccc(CN)cc2)cc1C.